The molecule has 1 heterocycles. The quantitative estimate of drug-likeness (QED) is 0.413. The van der Waals surface area contributed by atoms with Crippen LogP contribution in [-0.2, 0) is 26.6 Å². The van der Waals surface area contributed by atoms with E-state index in [1.807, 2.05) is 0 Å². The van der Waals surface area contributed by atoms with Gasteiger partial charge in [-0.05, 0) is 36.4 Å². The zero-order valence-corrected chi connectivity index (χ0v) is 18.5. The van der Waals surface area contributed by atoms with Crippen LogP contribution in [0.15, 0.2) is 101 Å². The van der Waals surface area contributed by atoms with Crippen LogP contribution in [0.2, 0.25) is 5.02 Å². The second kappa shape index (κ2) is 8.39. The molecule has 0 bridgehead atoms. The Morgan fingerprint density at radius 3 is 1.81 bits per heavy atom. The number of hydrogen-bond acceptors (Lipinski definition) is 5. The van der Waals surface area contributed by atoms with Gasteiger partial charge in [-0.15, -0.1) is 0 Å². The van der Waals surface area contributed by atoms with Crippen molar-refractivity contribution in [2.75, 3.05) is 0 Å². The lowest BCUT2D eigenvalue weighted by atomic mass is 10.1. The number of aromatic nitrogens is 1. The van der Waals surface area contributed by atoms with Crippen molar-refractivity contribution >= 4 is 42.6 Å². The molecular weight excluding hydrogens is 456 g/mol. The van der Waals surface area contributed by atoms with Crippen LogP contribution < -0.4 is 0 Å². The summed E-state index contributed by atoms with van der Waals surface area (Å²) in [4.78, 5) is 4.02. The van der Waals surface area contributed by atoms with Crippen molar-refractivity contribution in [1.82, 2.24) is 8.69 Å². The molecule has 0 saturated carbocycles. The number of sulfonamides is 2. The molecule has 1 aromatic heterocycles. The third-order valence-electron chi connectivity index (χ3n) is 4.73. The van der Waals surface area contributed by atoms with Gasteiger partial charge in [-0.2, -0.15) is 0 Å². The van der Waals surface area contributed by atoms with Crippen molar-refractivity contribution in [3.05, 3.63) is 102 Å². The van der Waals surface area contributed by atoms with Crippen molar-refractivity contribution in [2.24, 2.45) is 0 Å². The topological polar surface area (TPSA) is 84.4 Å². The van der Waals surface area contributed by atoms with Gasteiger partial charge in [-0.3, -0.25) is 4.98 Å². The van der Waals surface area contributed by atoms with Gasteiger partial charge < -0.3 is 0 Å². The molecule has 0 aliphatic carbocycles. The summed E-state index contributed by atoms with van der Waals surface area (Å²) >= 11 is 6.38. The van der Waals surface area contributed by atoms with E-state index < -0.39 is 26.6 Å². The average molecular weight is 473 g/mol. The Balaban J connectivity index is 1.94. The number of halogens is 1. The SMILES string of the molecule is O=S(=O)(c1ccccc1)N(Cc1c(Cl)ccc2cccnc12)S(=O)(=O)c1ccccc1. The first-order chi connectivity index (χ1) is 14.8. The summed E-state index contributed by atoms with van der Waals surface area (Å²) in [5.41, 5.74) is 0.741. The minimum atomic E-state index is -4.43. The van der Waals surface area contributed by atoms with E-state index in [9.17, 15) is 16.8 Å². The summed E-state index contributed by atoms with van der Waals surface area (Å²) in [6, 6.07) is 21.7. The highest BCUT2D eigenvalue weighted by atomic mass is 35.5. The average Bonchev–Trinajstić information content (AvgIpc) is 2.79. The molecule has 3 aromatic carbocycles. The lowest BCUT2D eigenvalue weighted by Gasteiger charge is -2.23. The Kier molecular flexibility index (Phi) is 5.81. The van der Waals surface area contributed by atoms with Gasteiger partial charge >= 0.3 is 0 Å². The zero-order chi connectivity index (χ0) is 22.1. The van der Waals surface area contributed by atoms with E-state index in [1.54, 1.807) is 42.6 Å². The molecule has 0 N–H and O–H groups in total. The molecule has 0 saturated heterocycles. The van der Waals surface area contributed by atoms with E-state index in [2.05, 4.69) is 4.98 Å². The Labute approximate surface area is 185 Å². The van der Waals surface area contributed by atoms with Crippen LogP contribution >= 0.6 is 11.6 Å². The third kappa shape index (κ3) is 4.07. The Bertz CT molecular complexity index is 1370. The number of hydrogen-bond donors (Lipinski definition) is 0. The van der Waals surface area contributed by atoms with Crippen LogP contribution in [0.5, 0.6) is 0 Å². The molecule has 0 aliphatic heterocycles. The van der Waals surface area contributed by atoms with E-state index in [0.717, 1.165) is 5.39 Å². The number of pyridine rings is 1. The normalized spacial score (nSPS) is 12.3. The second-order valence-corrected chi connectivity index (χ2v) is 11.0. The summed E-state index contributed by atoms with van der Waals surface area (Å²) in [7, 11) is -8.86. The summed E-state index contributed by atoms with van der Waals surface area (Å²) in [6.45, 7) is -0.498. The predicted molar refractivity (Wildman–Crippen MR) is 120 cm³/mol. The smallest absolute Gasteiger partial charge is 0.256 e. The van der Waals surface area contributed by atoms with Crippen molar-refractivity contribution in [3.63, 3.8) is 0 Å². The molecule has 0 fully saturated rings. The van der Waals surface area contributed by atoms with Gasteiger partial charge in [0, 0.05) is 22.2 Å². The maximum atomic E-state index is 13.5. The van der Waals surface area contributed by atoms with Gasteiger partial charge in [0.2, 0.25) is 0 Å². The largest absolute Gasteiger partial charge is 0.256 e. The van der Waals surface area contributed by atoms with Gasteiger partial charge in [0.1, 0.15) is 0 Å². The molecule has 0 unspecified atom stereocenters. The molecule has 0 radical (unpaired) electrons. The maximum absolute atomic E-state index is 13.5. The first-order valence-electron chi connectivity index (χ1n) is 9.22. The zero-order valence-electron chi connectivity index (χ0n) is 16.1. The van der Waals surface area contributed by atoms with E-state index in [4.69, 9.17) is 11.6 Å². The lowest BCUT2D eigenvalue weighted by Crippen LogP contribution is -2.36. The molecule has 9 heteroatoms. The fourth-order valence-corrected chi connectivity index (χ4v) is 7.01. The summed E-state index contributed by atoms with van der Waals surface area (Å²) in [5.74, 6) is 0. The molecule has 158 valence electrons. The first-order valence-corrected chi connectivity index (χ1v) is 12.5. The van der Waals surface area contributed by atoms with Crippen LogP contribution in [0.1, 0.15) is 5.56 Å². The van der Waals surface area contributed by atoms with Crippen LogP contribution in [0.4, 0.5) is 0 Å². The molecule has 0 aliphatic rings. The molecule has 0 spiro atoms. The van der Waals surface area contributed by atoms with Crippen molar-refractivity contribution < 1.29 is 16.8 Å². The summed E-state index contributed by atoms with van der Waals surface area (Å²) < 4.78 is 54.4. The monoisotopic (exact) mass is 472 g/mol. The molecule has 0 amide bonds. The van der Waals surface area contributed by atoms with Crippen LogP contribution in [0.3, 0.4) is 0 Å². The first kappa shape index (κ1) is 21.5. The minimum absolute atomic E-state index is 0.140. The summed E-state index contributed by atoms with van der Waals surface area (Å²) in [6.07, 6.45) is 1.55. The highest BCUT2D eigenvalue weighted by molar-refractivity contribution is 8.04. The number of fused-ring (bicyclic) bond motifs is 1. The number of benzene rings is 3. The molecule has 0 atom stereocenters. The van der Waals surface area contributed by atoms with Gasteiger partial charge in [0.15, 0.2) is 0 Å². The Morgan fingerprint density at radius 2 is 1.26 bits per heavy atom. The fourth-order valence-electron chi connectivity index (χ4n) is 3.18. The van der Waals surface area contributed by atoms with Gasteiger partial charge in [0.05, 0.1) is 21.9 Å². The van der Waals surface area contributed by atoms with Crippen molar-refractivity contribution in [1.29, 1.82) is 0 Å². The number of rotatable bonds is 6. The Morgan fingerprint density at radius 1 is 0.710 bits per heavy atom. The van der Waals surface area contributed by atoms with Crippen LogP contribution in [0, 0.1) is 0 Å². The highest BCUT2D eigenvalue weighted by Crippen LogP contribution is 2.31. The molecule has 6 nitrogen and oxygen atoms in total. The van der Waals surface area contributed by atoms with E-state index in [1.165, 1.54) is 48.5 Å². The molecule has 4 aromatic rings. The van der Waals surface area contributed by atoms with Gasteiger partial charge in [-0.25, -0.2) is 16.8 Å². The molecule has 31 heavy (non-hydrogen) atoms. The molecule has 4 rings (SSSR count). The van der Waals surface area contributed by atoms with E-state index in [0.29, 0.717) is 14.8 Å². The maximum Gasteiger partial charge on any atom is 0.256 e. The summed E-state index contributed by atoms with van der Waals surface area (Å²) in [5, 5.41) is 0.943. The third-order valence-corrected chi connectivity index (χ3v) is 9.33. The van der Waals surface area contributed by atoms with Crippen molar-refractivity contribution in [3.8, 4) is 0 Å². The van der Waals surface area contributed by atoms with Gasteiger partial charge in [0.25, 0.3) is 20.0 Å². The highest BCUT2D eigenvalue weighted by Gasteiger charge is 2.37. The minimum Gasteiger partial charge on any atom is -0.256 e. The van der Waals surface area contributed by atoms with Crippen LogP contribution in [-0.4, -0.2) is 25.5 Å². The number of nitrogens with zero attached hydrogens (tertiary/aromatic N) is 2. The Hall–Kier alpha value is -2.78. The van der Waals surface area contributed by atoms with Crippen molar-refractivity contribution in [2.45, 2.75) is 16.3 Å². The van der Waals surface area contributed by atoms with E-state index in [-0.39, 0.29) is 14.8 Å². The van der Waals surface area contributed by atoms with Crippen LogP contribution in [0.25, 0.3) is 10.9 Å². The fraction of sp³-hybridized carbons (Fsp3) is 0.0455. The molecular formula is C22H17ClN2O4S2. The van der Waals surface area contributed by atoms with Gasteiger partial charge in [-0.1, -0.05) is 63.8 Å². The lowest BCUT2D eigenvalue weighted by molar-refractivity contribution is 0.495. The second-order valence-electron chi connectivity index (χ2n) is 6.67. The predicted octanol–water partition coefficient (Wildman–Crippen LogP) is 4.47. The standard InChI is InChI=1S/C22H17ClN2O4S2/c23-21-14-13-17-8-7-15-24-22(17)20(21)16-25(30(26,27)18-9-3-1-4-10-18)31(28,29)19-11-5-2-6-12-19/h1-15H,16H2. The van der Waals surface area contributed by atoms with E-state index >= 15 is 0 Å².